The van der Waals surface area contributed by atoms with Gasteiger partial charge in [-0.05, 0) is 12.8 Å². The predicted molar refractivity (Wildman–Crippen MR) is 167 cm³/mol. The number of rotatable bonds is 24. The third-order valence-corrected chi connectivity index (χ3v) is 7.48. The summed E-state index contributed by atoms with van der Waals surface area (Å²) in [7, 11) is -8.97. The van der Waals surface area contributed by atoms with Crippen molar-refractivity contribution >= 4 is 32.2 Å². The summed E-state index contributed by atoms with van der Waals surface area (Å²) in [4.78, 5) is 0. The van der Waals surface area contributed by atoms with E-state index in [1.165, 1.54) is 89.9 Å². The van der Waals surface area contributed by atoms with Crippen molar-refractivity contribution in [1.82, 2.24) is 0 Å². The van der Waals surface area contributed by atoms with Crippen molar-refractivity contribution < 1.29 is 45.8 Å². The molecule has 0 heterocycles. The van der Waals surface area contributed by atoms with Crippen molar-refractivity contribution in [3.8, 4) is 0 Å². The molecule has 1 aromatic carbocycles. The molecule has 0 aliphatic rings. The Bertz CT molecular complexity index is 854. The molecule has 1 aromatic rings. The Hall–Kier alpha value is -1.12. The molecule has 0 aromatic heterocycles. The zero-order chi connectivity index (χ0) is 32.0. The summed E-state index contributed by atoms with van der Waals surface area (Å²) in [6.45, 7) is 4.49. The molecular weight excluding hydrogens is 580 g/mol. The Kier molecular flexibility index (Phi) is 30.6. The van der Waals surface area contributed by atoms with Crippen molar-refractivity contribution in [2.45, 2.75) is 142 Å². The zero-order valence-corrected chi connectivity index (χ0v) is 28.0. The van der Waals surface area contributed by atoms with Crippen molar-refractivity contribution in [1.29, 1.82) is 0 Å². The van der Waals surface area contributed by atoms with Gasteiger partial charge in [0.1, 0.15) is 0 Å². The lowest BCUT2D eigenvalue weighted by Gasteiger charge is -2.07. The number of benzene rings is 1. The first-order valence-electron chi connectivity index (χ1n) is 15.9. The summed E-state index contributed by atoms with van der Waals surface area (Å²) >= 11 is 0. The Morgan fingerprint density at radius 2 is 0.738 bits per heavy atom. The van der Waals surface area contributed by atoms with Gasteiger partial charge in [0.15, 0.2) is 11.4 Å². The molecule has 0 bridgehead atoms. The summed E-state index contributed by atoms with van der Waals surface area (Å²) in [5.74, 6) is 0. The second-order valence-electron chi connectivity index (χ2n) is 10.6. The maximum Gasteiger partial charge on any atom is 0.217 e. The van der Waals surface area contributed by atoms with Gasteiger partial charge in [0.05, 0.1) is 13.2 Å². The highest BCUT2D eigenvalue weighted by Gasteiger charge is 1.97. The van der Waals surface area contributed by atoms with E-state index in [4.69, 9.17) is 0 Å². The molecule has 42 heavy (non-hydrogen) atoms. The highest BCUT2D eigenvalue weighted by atomic mass is 32.3. The average molecular weight is 641 g/mol. The highest BCUT2D eigenvalue weighted by molar-refractivity contribution is 7.81. The molecule has 12 heteroatoms. The fourth-order valence-electron chi connectivity index (χ4n) is 4.06. The van der Waals surface area contributed by atoms with Gasteiger partial charge in [0.25, 0.3) is 0 Å². The van der Waals surface area contributed by atoms with Crippen LogP contribution < -0.4 is 11.5 Å². The first-order valence-corrected chi connectivity index (χ1v) is 18.5. The zero-order valence-electron chi connectivity index (χ0n) is 26.4. The van der Waals surface area contributed by atoms with Gasteiger partial charge in [-0.15, -0.1) is 0 Å². The Morgan fingerprint density at radius 1 is 0.500 bits per heavy atom. The first kappa shape index (κ1) is 43.0. The summed E-state index contributed by atoms with van der Waals surface area (Å²) in [5.41, 5.74) is 9.53. The highest BCUT2D eigenvalue weighted by Crippen LogP contribution is 2.12. The van der Waals surface area contributed by atoms with Crippen LogP contribution in [0.2, 0.25) is 0 Å². The number of unbranched alkanes of at least 4 members (excludes halogenated alkanes) is 18. The summed E-state index contributed by atoms with van der Waals surface area (Å²) in [6, 6.07) is 7.80. The smallest absolute Gasteiger partial charge is 0.217 e. The van der Waals surface area contributed by atoms with E-state index in [-0.39, 0.29) is 13.2 Å². The van der Waals surface area contributed by atoms with E-state index in [0.29, 0.717) is 12.8 Å². The van der Waals surface area contributed by atoms with E-state index in [1.54, 1.807) is 0 Å². The topological polar surface area (TPSA) is 188 Å². The molecule has 250 valence electrons. The van der Waals surface area contributed by atoms with Gasteiger partial charge in [-0.2, -0.15) is 0 Å². The molecule has 0 radical (unpaired) electrons. The van der Waals surface area contributed by atoms with Crippen LogP contribution in [0.4, 0.5) is 11.4 Å². The standard InChI is InChI=1S/2C12H26O4S.C6H8N2/c2*1-2-3-4-5-6-7-8-9-10-11-12-16-17(13,14)15;7-5-3-1-2-4-6(5)8/h2*2-12H2,1H3,(H,13,14,15);1-4H,7-8H2. The normalized spacial score (nSPS) is 11.4. The van der Waals surface area contributed by atoms with Gasteiger partial charge in [-0.3, -0.25) is 8.37 Å². The molecule has 0 atom stereocenters. The van der Waals surface area contributed by atoms with E-state index in [1.807, 2.05) is 24.3 Å². The lowest BCUT2D eigenvalue weighted by atomic mass is 10.1. The third kappa shape index (κ3) is 38.9. The van der Waals surface area contributed by atoms with Gasteiger partial charge in [0.2, 0.25) is 20.8 Å². The van der Waals surface area contributed by atoms with Gasteiger partial charge >= 0.3 is 0 Å². The van der Waals surface area contributed by atoms with Crippen LogP contribution in [0.15, 0.2) is 24.3 Å². The minimum atomic E-state index is -4.48. The van der Waals surface area contributed by atoms with E-state index in [9.17, 15) is 25.9 Å². The van der Waals surface area contributed by atoms with Crippen molar-refractivity contribution in [3.63, 3.8) is 0 Å². The first-order chi connectivity index (χ1) is 19.9. The fraction of sp³-hybridized carbons (Fsp3) is 0.800. The number of quaternary nitrogens is 2. The monoisotopic (exact) mass is 640 g/mol. The maximum absolute atomic E-state index is 10.1. The second-order valence-corrected chi connectivity index (χ2v) is 12.7. The average Bonchev–Trinajstić information content (AvgIpc) is 2.91. The third-order valence-electron chi connectivity index (χ3n) is 6.57. The molecule has 10 nitrogen and oxygen atoms in total. The van der Waals surface area contributed by atoms with E-state index in [0.717, 1.165) is 37.1 Å². The van der Waals surface area contributed by atoms with Crippen LogP contribution in [-0.2, 0) is 29.2 Å². The van der Waals surface area contributed by atoms with Crippen LogP contribution in [0.5, 0.6) is 0 Å². The van der Waals surface area contributed by atoms with Crippen LogP contribution in [0.1, 0.15) is 142 Å². The minimum Gasteiger partial charge on any atom is -0.726 e. The Morgan fingerprint density at radius 3 is 0.952 bits per heavy atom. The van der Waals surface area contributed by atoms with Crippen molar-refractivity contribution in [2.24, 2.45) is 0 Å². The number of hydrogen-bond acceptors (Lipinski definition) is 8. The van der Waals surface area contributed by atoms with Gasteiger partial charge < -0.3 is 20.6 Å². The summed E-state index contributed by atoms with van der Waals surface area (Å²) < 4.78 is 68.9. The summed E-state index contributed by atoms with van der Waals surface area (Å²) in [5, 5.41) is 0. The van der Waals surface area contributed by atoms with Gasteiger partial charge in [-0.25, -0.2) is 16.8 Å². The summed E-state index contributed by atoms with van der Waals surface area (Å²) in [6.07, 6.45) is 23.4. The molecule has 0 saturated heterocycles. The number of hydrogen-bond donors (Lipinski definition) is 2. The molecule has 0 amide bonds. The van der Waals surface area contributed by atoms with E-state index in [2.05, 4.69) is 33.7 Å². The minimum absolute atomic E-state index is 0.0301. The Balaban J connectivity index is 0. The Labute approximate surface area is 257 Å². The molecule has 1 rings (SSSR count). The molecule has 6 N–H and O–H groups in total. The van der Waals surface area contributed by atoms with Gasteiger partial charge in [-0.1, -0.05) is 142 Å². The van der Waals surface area contributed by atoms with E-state index < -0.39 is 20.8 Å². The molecule has 0 saturated carbocycles. The molecule has 0 spiro atoms. The molecule has 0 aliphatic heterocycles. The second kappa shape index (κ2) is 29.9. The van der Waals surface area contributed by atoms with Crippen LogP contribution in [0.25, 0.3) is 0 Å². The molecule has 0 aliphatic carbocycles. The van der Waals surface area contributed by atoms with Crippen LogP contribution >= 0.6 is 0 Å². The van der Waals surface area contributed by atoms with Crippen molar-refractivity contribution in [2.75, 3.05) is 13.2 Å². The molecule has 0 unspecified atom stereocenters. The fourth-order valence-corrected chi connectivity index (χ4v) is 4.70. The maximum atomic E-state index is 10.1. The SMILES string of the molecule is CCCCCCCCCCCCOS(=O)(=O)[O-].CCCCCCCCCCCCOS(=O)(=O)[O-].[NH3+]c1ccccc1[NH3+]. The van der Waals surface area contributed by atoms with Crippen LogP contribution in [0.3, 0.4) is 0 Å². The van der Waals surface area contributed by atoms with E-state index >= 15 is 0 Å². The predicted octanol–water partition coefficient (Wildman–Crippen LogP) is 6.20. The van der Waals surface area contributed by atoms with Gasteiger partial charge in [0, 0.05) is 12.1 Å². The molecule has 0 fully saturated rings. The lowest BCUT2D eigenvalue weighted by Crippen LogP contribution is -2.49. The van der Waals surface area contributed by atoms with Crippen molar-refractivity contribution in [3.05, 3.63) is 24.3 Å². The van der Waals surface area contributed by atoms with Crippen LogP contribution in [-0.4, -0.2) is 39.2 Å². The lowest BCUT2D eigenvalue weighted by molar-refractivity contribution is -0.299. The molecular formula is C30H60N2O8S2. The van der Waals surface area contributed by atoms with Crippen LogP contribution in [0, 0.1) is 0 Å². The quantitative estimate of drug-likeness (QED) is 0.0758. The largest absolute Gasteiger partial charge is 0.726 e.